The summed E-state index contributed by atoms with van der Waals surface area (Å²) in [6, 6.07) is 0.504. The van der Waals surface area contributed by atoms with E-state index in [4.69, 9.17) is 0 Å². The van der Waals surface area contributed by atoms with Crippen molar-refractivity contribution in [3.8, 4) is 0 Å². The van der Waals surface area contributed by atoms with Gasteiger partial charge in [0.05, 0.1) is 6.04 Å². The number of likely N-dealkylation sites (tertiary alicyclic amines) is 1. The number of amides is 1. The van der Waals surface area contributed by atoms with Gasteiger partial charge in [-0.25, -0.2) is 0 Å². The molecule has 1 aliphatic heterocycles. The maximum atomic E-state index is 12.5. The number of Topliss-reactive ketones (excluding diaryl/α,β-unsaturated/α-hetero) is 1. The molecule has 1 heterocycles. The smallest absolute Gasteiger partial charge is 0.237 e. The quantitative estimate of drug-likeness (QED) is 0.848. The van der Waals surface area contributed by atoms with Crippen LogP contribution in [0.5, 0.6) is 0 Å². The van der Waals surface area contributed by atoms with Crippen LogP contribution < -0.4 is 5.32 Å². The third kappa shape index (κ3) is 4.80. The van der Waals surface area contributed by atoms with Gasteiger partial charge in [0, 0.05) is 18.5 Å². The summed E-state index contributed by atoms with van der Waals surface area (Å²) in [6.45, 7) is 4.59. The van der Waals surface area contributed by atoms with E-state index in [1.807, 2.05) is 6.92 Å². The minimum Gasteiger partial charge on any atom is -0.352 e. The number of hydrogen-bond donors (Lipinski definition) is 1. The molecule has 0 aromatic heterocycles. The lowest BCUT2D eigenvalue weighted by Crippen LogP contribution is -2.53. The number of carbonyl (C=O) groups excluding carboxylic acids is 2. The van der Waals surface area contributed by atoms with E-state index in [-0.39, 0.29) is 23.8 Å². The molecule has 0 spiro atoms. The summed E-state index contributed by atoms with van der Waals surface area (Å²) in [6.07, 6.45) is 9.94. The number of rotatable bonds is 5. The standard InChI is InChI=1S/C17H30N2O2/c1-13(20)12-16-10-6-7-11-19(16)14(2)17(21)18-15-8-4-3-5-9-15/h14-16H,3-12H2,1-2H3,(H,18,21). The van der Waals surface area contributed by atoms with Gasteiger partial charge in [-0.1, -0.05) is 25.7 Å². The fourth-order valence-electron chi connectivity index (χ4n) is 3.80. The average Bonchev–Trinajstić information content (AvgIpc) is 2.47. The summed E-state index contributed by atoms with van der Waals surface area (Å²) in [5.74, 6) is 0.379. The molecule has 0 aromatic rings. The summed E-state index contributed by atoms with van der Waals surface area (Å²) < 4.78 is 0. The second-order valence-corrected chi connectivity index (χ2v) is 6.81. The molecule has 2 atom stereocenters. The summed E-state index contributed by atoms with van der Waals surface area (Å²) in [4.78, 5) is 26.2. The Labute approximate surface area is 128 Å². The number of carbonyl (C=O) groups is 2. The van der Waals surface area contributed by atoms with Crippen LogP contribution in [0.2, 0.25) is 0 Å². The van der Waals surface area contributed by atoms with E-state index in [1.165, 1.54) is 25.7 Å². The number of piperidine rings is 1. The van der Waals surface area contributed by atoms with Crippen LogP contribution in [-0.2, 0) is 9.59 Å². The summed E-state index contributed by atoms with van der Waals surface area (Å²) >= 11 is 0. The van der Waals surface area contributed by atoms with E-state index >= 15 is 0 Å². The minimum atomic E-state index is -0.114. The molecule has 2 fully saturated rings. The number of ketones is 1. The second-order valence-electron chi connectivity index (χ2n) is 6.81. The molecule has 2 aliphatic rings. The van der Waals surface area contributed by atoms with Crippen LogP contribution in [0.1, 0.15) is 71.6 Å². The van der Waals surface area contributed by atoms with Crippen molar-refractivity contribution in [1.29, 1.82) is 0 Å². The largest absolute Gasteiger partial charge is 0.352 e. The topological polar surface area (TPSA) is 49.4 Å². The van der Waals surface area contributed by atoms with Crippen LogP contribution in [0.3, 0.4) is 0 Å². The Bertz CT molecular complexity index is 364. The second kappa shape index (κ2) is 7.92. The normalized spacial score (nSPS) is 26.3. The Hall–Kier alpha value is -0.900. The van der Waals surface area contributed by atoms with Crippen molar-refractivity contribution >= 4 is 11.7 Å². The molecule has 1 saturated carbocycles. The third-order valence-corrected chi connectivity index (χ3v) is 5.02. The SMILES string of the molecule is CC(=O)CC1CCCCN1C(C)C(=O)NC1CCCCC1. The molecule has 4 nitrogen and oxygen atoms in total. The summed E-state index contributed by atoms with van der Waals surface area (Å²) in [5, 5.41) is 3.22. The molecule has 4 heteroatoms. The molecular formula is C17H30N2O2. The van der Waals surface area contributed by atoms with E-state index < -0.39 is 0 Å². The van der Waals surface area contributed by atoms with Crippen molar-refractivity contribution in [1.82, 2.24) is 10.2 Å². The number of nitrogens with one attached hydrogen (secondary N) is 1. The van der Waals surface area contributed by atoms with Gasteiger partial charge in [0.25, 0.3) is 0 Å². The van der Waals surface area contributed by atoms with E-state index in [2.05, 4.69) is 10.2 Å². The van der Waals surface area contributed by atoms with Crippen LogP contribution in [-0.4, -0.2) is 41.3 Å². The Morgan fingerprint density at radius 3 is 2.43 bits per heavy atom. The van der Waals surface area contributed by atoms with Crippen LogP contribution in [0.15, 0.2) is 0 Å². The highest BCUT2D eigenvalue weighted by Gasteiger charge is 2.31. The van der Waals surface area contributed by atoms with Crippen LogP contribution in [0, 0.1) is 0 Å². The van der Waals surface area contributed by atoms with E-state index in [0.717, 1.165) is 32.2 Å². The maximum Gasteiger partial charge on any atom is 0.237 e. The van der Waals surface area contributed by atoms with Gasteiger partial charge >= 0.3 is 0 Å². The van der Waals surface area contributed by atoms with E-state index in [9.17, 15) is 9.59 Å². The van der Waals surface area contributed by atoms with Gasteiger partial charge in [-0.2, -0.15) is 0 Å². The fourth-order valence-corrected chi connectivity index (χ4v) is 3.80. The Morgan fingerprint density at radius 1 is 1.10 bits per heavy atom. The zero-order valence-corrected chi connectivity index (χ0v) is 13.6. The lowest BCUT2D eigenvalue weighted by Gasteiger charge is -2.39. The maximum absolute atomic E-state index is 12.5. The Balaban J connectivity index is 1.90. The lowest BCUT2D eigenvalue weighted by molar-refractivity contribution is -0.129. The van der Waals surface area contributed by atoms with Crippen LogP contribution >= 0.6 is 0 Å². The zero-order chi connectivity index (χ0) is 15.2. The molecular weight excluding hydrogens is 264 g/mol. The van der Waals surface area contributed by atoms with Gasteiger partial charge in [0.15, 0.2) is 0 Å². The number of nitrogens with zero attached hydrogens (tertiary/aromatic N) is 1. The fraction of sp³-hybridized carbons (Fsp3) is 0.882. The minimum absolute atomic E-state index is 0.114. The van der Waals surface area contributed by atoms with Crippen molar-refractivity contribution in [2.45, 2.75) is 89.8 Å². The molecule has 0 bridgehead atoms. The summed E-state index contributed by atoms with van der Waals surface area (Å²) in [7, 11) is 0. The molecule has 1 saturated heterocycles. The van der Waals surface area contributed by atoms with E-state index in [1.54, 1.807) is 6.92 Å². The lowest BCUT2D eigenvalue weighted by atomic mass is 9.94. The van der Waals surface area contributed by atoms with Crippen molar-refractivity contribution in [3.05, 3.63) is 0 Å². The van der Waals surface area contributed by atoms with Gasteiger partial charge in [0.2, 0.25) is 5.91 Å². The van der Waals surface area contributed by atoms with Crippen molar-refractivity contribution in [2.75, 3.05) is 6.54 Å². The molecule has 0 aromatic carbocycles. The third-order valence-electron chi connectivity index (χ3n) is 5.02. The first-order valence-corrected chi connectivity index (χ1v) is 8.63. The van der Waals surface area contributed by atoms with Gasteiger partial charge in [-0.05, 0) is 46.1 Å². The monoisotopic (exact) mass is 294 g/mol. The zero-order valence-electron chi connectivity index (χ0n) is 13.6. The van der Waals surface area contributed by atoms with Gasteiger partial charge in [-0.15, -0.1) is 0 Å². The molecule has 0 radical (unpaired) electrons. The predicted molar refractivity (Wildman–Crippen MR) is 84.1 cm³/mol. The predicted octanol–water partition coefficient (Wildman–Crippen LogP) is 2.66. The first-order valence-electron chi connectivity index (χ1n) is 8.63. The Morgan fingerprint density at radius 2 is 1.76 bits per heavy atom. The van der Waals surface area contributed by atoms with Gasteiger partial charge < -0.3 is 5.32 Å². The molecule has 1 amide bonds. The molecule has 1 N–H and O–H groups in total. The van der Waals surface area contributed by atoms with Gasteiger partial charge in [-0.3, -0.25) is 14.5 Å². The molecule has 21 heavy (non-hydrogen) atoms. The molecule has 2 unspecified atom stereocenters. The number of hydrogen-bond acceptors (Lipinski definition) is 3. The first kappa shape index (κ1) is 16.5. The molecule has 2 rings (SSSR count). The summed E-state index contributed by atoms with van der Waals surface area (Å²) in [5.41, 5.74) is 0. The molecule has 1 aliphatic carbocycles. The van der Waals surface area contributed by atoms with Crippen LogP contribution in [0.25, 0.3) is 0 Å². The van der Waals surface area contributed by atoms with Gasteiger partial charge in [0.1, 0.15) is 5.78 Å². The first-order chi connectivity index (χ1) is 10.1. The van der Waals surface area contributed by atoms with Crippen molar-refractivity contribution in [2.24, 2.45) is 0 Å². The Kier molecular flexibility index (Phi) is 6.22. The highest BCUT2D eigenvalue weighted by molar-refractivity contribution is 5.82. The van der Waals surface area contributed by atoms with Crippen molar-refractivity contribution < 1.29 is 9.59 Å². The van der Waals surface area contributed by atoms with Crippen molar-refractivity contribution in [3.63, 3.8) is 0 Å². The van der Waals surface area contributed by atoms with E-state index in [0.29, 0.717) is 12.5 Å². The highest BCUT2D eigenvalue weighted by atomic mass is 16.2. The molecule has 120 valence electrons. The average molecular weight is 294 g/mol. The van der Waals surface area contributed by atoms with Crippen LogP contribution in [0.4, 0.5) is 0 Å². The highest BCUT2D eigenvalue weighted by Crippen LogP contribution is 2.23.